The number of anilines is 1. The van der Waals surface area contributed by atoms with E-state index in [9.17, 15) is 4.79 Å². The van der Waals surface area contributed by atoms with E-state index in [1.165, 1.54) is 0 Å². The van der Waals surface area contributed by atoms with Gasteiger partial charge >= 0.3 is 0 Å². The van der Waals surface area contributed by atoms with E-state index in [0.29, 0.717) is 5.56 Å². The van der Waals surface area contributed by atoms with Crippen molar-refractivity contribution in [1.82, 2.24) is 0 Å². The number of hydrogen-bond donors (Lipinski definition) is 1. The van der Waals surface area contributed by atoms with Crippen molar-refractivity contribution < 1.29 is 14.3 Å². The molecule has 24 heavy (non-hydrogen) atoms. The molecule has 1 unspecified atom stereocenters. The molecule has 0 fully saturated rings. The van der Waals surface area contributed by atoms with Crippen LogP contribution in [0.4, 0.5) is 5.69 Å². The first-order chi connectivity index (χ1) is 11.5. The Morgan fingerprint density at radius 3 is 2.00 bits per heavy atom. The van der Waals surface area contributed by atoms with Crippen molar-refractivity contribution >= 4 is 11.6 Å². The third kappa shape index (κ3) is 5.30. The van der Waals surface area contributed by atoms with Crippen LogP contribution in [0, 0.1) is 0 Å². The van der Waals surface area contributed by atoms with Crippen molar-refractivity contribution in [2.24, 2.45) is 0 Å². The Morgan fingerprint density at radius 2 is 1.46 bits per heavy atom. The molecule has 1 atom stereocenters. The quantitative estimate of drug-likeness (QED) is 0.786. The van der Waals surface area contributed by atoms with E-state index in [2.05, 4.69) is 12.2 Å². The van der Waals surface area contributed by atoms with Crippen molar-refractivity contribution in [3.05, 3.63) is 54.1 Å². The first-order valence-electron chi connectivity index (χ1n) is 8.32. The smallest absolute Gasteiger partial charge is 0.255 e. The maximum Gasteiger partial charge on any atom is 0.255 e. The molecule has 2 aromatic carbocycles. The predicted octanol–water partition coefficient (Wildman–Crippen LogP) is 4.90. The van der Waals surface area contributed by atoms with Crippen LogP contribution < -0.4 is 14.8 Å². The minimum absolute atomic E-state index is 0.112. The molecule has 1 N–H and O–H groups in total. The van der Waals surface area contributed by atoms with Crippen LogP contribution >= 0.6 is 0 Å². The summed E-state index contributed by atoms with van der Waals surface area (Å²) in [5, 5.41) is 2.88. The van der Waals surface area contributed by atoms with E-state index in [4.69, 9.17) is 9.47 Å². The largest absolute Gasteiger partial charge is 0.491 e. The Balaban J connectivity index is 1.96. The van der Waals surface area contributed by atoms with Crippen LogP contribution in [-0.4, -0.2) is 18.1 Å². The fourth-order valence-electron chi connectivity index (χ4n) is 2.09. The standard InChI is InChI=1S/C20H25NO3/c1-5-15(4)24-19-12-8-17(9-13-19)21-20(22)16-6-10-18(11-7-16)23-14(2)3/h6-15H,5H2,1-4H3,(H,21,22). The van der Waals surface area contributed by atoms with Crippen LogP contribution in [0.3, 0.4) is 0 Å². The summed E-state index contributed by atoms with van der Waals surface area (Å²) in [6.45, 7) is 8.05. The fraction of sp³-hybridized carbons (Fsp3) is 0.350. The molecule has 0 aromatic heterocycles. The van der Waals surface area contributed by atoms with Gasteiger partial charge in [-0.3, -0.25) is 4.79 Å². The van der Waals surface area contributed by atoms with Crippen molar-refractivity contribution in [3.8, 4) is 11.5 Å². The lowest BCUT2D eigenvalue weighted by Crippen LogP contribution is -2.12. The van der Waals surface area contributed by atoms with E-state index >= 15 is 0 Å². The molecule has 0 bridgehead atoms. The maximum atomic E-state index is 12.3. The molecule has 0 aliphatic heterocycles. The monoisotopic (exact) mass is 327 g/mol. The first kappa shape index (κ1) is 17.9. The number of nitrogens with one attached hydrogen (secondary N) is 1. The lowest BCUT2D eigenvalue weighted by atomic mass is 10.2. The highest BCUT2D eigenvalue weighted by Gasteiger charge is 2.07. The molecule has 4 heteroatoms. The third-order valence-corrected chi connectivity index (χ3v) is 3.51. The highest BCUT2D eigenvalue weighted by Crippen LogP contribution is 2.19. The van der Waals surface area contributed by atoms with Crippen LogP contribution in [0.1, 0.15) is 44.5 Å². The Hall–Kier alpha value is -2.49. The molecule has 4 nitrogen and oxygen atoms in total. The number of benzene rings is 2. The van der Waals surface area contributed by atoms with Crippen molar-refractivity contribution in [1.29, 1.82) is 0 Å². The second-order valence-corrected chi connectivity index (χ2v) is 6.01. The topological polar surface area (TPSA) is 47.6 Å². The summed E-state index contributed by atoms with van der Waals surface area (Å²) in [6, 6.07) is 14.5. The molecule has 2 rings (SSSR count). The zero-order chi connectivity index (χ0) is 17.5. The summed E-state index contributed by atoms with van der Waals surface area (Å²) >= 11 is 0. The van der Waals surface area contributed by atoms with Gasteiger partial charge in [-0.1, -0.05) is 6.92 Å². The third-order valence-electron chi connectivity index (χ3n) is 3.51. The number of rotatable bonds is 7. The molecule has 0 aliphatic rings. The lowest BCUT2D eigenvalue weighted by Gasteiger charge is -2.13. The molecule has 128 valence electrons. The summed E-state index contributed by atoms with van der Waals surface area (Å²) in [7, 11) is 0. The van der Waals surface area contributed by atoms with Gasteiger partial charge in [-0.2, -0.15) is 0 Å². The number of amides is 1. The molecular weight excluding hydrogens is 302 g/mol. The molecular formula is C20H25NO3. The van der Waals surface area contributed by atoms with Gasteiger partial charge in [0.2, 0.25) is 0 Å². The van der Waals surface area contributed by atoms with Crippen molar-refractivity contribution in [3.63, 3.8) is 0 Å². The zero-order valence-corrected chi connectivity index (χ0v) is 14.7. The lowest BCUT2D eigenvalue weighted by molar-refractivity contribution is 0.102. The molecule has 0 radical (unpaired) electrons. The van der Waals surface area contributed by atoms with Crippen LogP contribution in [-0.2, 0) is 0 Å². The average molecular weight is 327 g/mol. The van der Waals surface area contributed by atoms with Gasteiger partial charge in [0.15, 0.2) is 0 Å². The average Bonchev–Trinajstić information content (AvgIpc) is 2.56. The SMILES string of the molecule is CCC(C)Oc1ccc(NC(=O)c2ccc(OC(C)C)cc2)cc1. The Kier molecular flexibility index (Phi) is 6.24. The van der Waals surface area contributed by atoms with Crippen LogP contribution in [0.25, 0.3) is 0 Å². The number of ether oxygens (including phenoxy) is 2. The van der Waals surface area contributed by atoms with E-state index < -0.39 is 0 Å². The van der Waals surface area contributed by atoms with Gasteiger partial charge in [-0.15, -0.1) is 0 Å². The van der Waals surface area contributed by atoms with E-state index in [-0.39, 0.29) is 18.1 Å². The van der Waals surface area contributed by atoms with E-state index in [0.717, 1.165) is 23.6 Å². The zero-order valence-electron chi connectivity index (χ0n) is 14.7. The molecule has 0 heterocycles. The van der Waals surface area contributed by atoms with E-state index in [1.807, 2.05) is 45.0 Å². The first-order valence-corrected chi connectivity index (χ1v) is 8.32. The predicted molar refractivity (Wildman–Crippen MR) is 97.0 cm³/mol. The van der Waals surface area contributed by atoms with Gasteiger partial charge in [-0.05, 0) is 75.7 Å². The normalized spacial score (nSPS) is 11.9. The van der Waals surface area contributed by atoms with Crippen LogP contribution in [0.2, 0.25) is 0 Å². The summed E-state index contributed by atoms with van der Waals surface area (Å²) in [4.78, 5) is 12.3. The maximum absolute atomic E-state index is 12.3. The molecule has 0 saturated carbocycles. The number of carbonyl (C=O) groups excluding carboxylic acids is 1. The highest BCUT2D eigenvalue weighted by atomic mass is 16.5. The van der Waals surface area contributed by atoms with Gasteiger partial charge < -0.3 is 14.8 Å². The molecule has 0 saturated heterocycles. The summed E-state index contributed by atoms with van der Waals surface area (Å²) in [5.41, 5.74) is 1.32. The second kappa shape index (κ2) is 8.39. The van der Waals surface area contributed by atoms with Crippen molar-refractivity contribution in [2.45, 2.75) is 46.3 Å². The molecule has 0 spiro atoms. The van der Waals surface area contributed by atoms with Gasteiger partial charge in [0, 0.05) is 11.3 Å². The molecule has 2 aromatic rings. The number of hydrogen-bond acceptors (Lipinski definition) is 3. The van der Waals surface area contributed by atoms with Crippen LogP contribution in [0.15, 0.2) is 48.5 Å². The molecule has 1 amide bonds. The van der Waals surface area contributed by atoms with Gasteiger partial charge in [0.25, 0.3) is 5.91 Å². The fourth-order valence-corrected chi connectivity index (χ4v) is 2.09. The molecule has 0 aliphatic carbocycles. The van der Waals surface area contributed by atoms with Gasteiger partial charge in [0.1, 0.15) is 11.5 Å². The van der Waals surface area contributed by atoms with Crippen LogP contribution in [0.5, 0.6) is 11.5 Å². The summed E-state index contributed by atoms with van der Waals surface area (Å²) in [6.07, 6.45) is 1.24. The van der Waals surface area contributed by atoms with Gasteiger partial charge in [-0.25, -0.2) is 0 Å². The van der Waals surface area contributed by atoms with Crippen molar-refractivity contribution in [2.75, 3.05) is 5.32 Å². The Morgan fingerprint density at radius 1 is 0.917 bits per heavy atom. The minimum Gasteiger partial charge on any atom is -0.491 e. The van der Waals surface area contributed by atoms with E-state index in [1.54, 1.807) is 24.3 Å². The Bertz CT molecular complexity index is 648. The highest BCUT2D eigenvalue weighted by molar-refractivity contribution is 6.04. The Labute approximate surface area is 143 Å². The minimum atomic E-state index is -0.151. The second-order valence-electron chi connectivity index (χ2n) is 6.01. The number of carbonyl (C=O) groups is 1. The van der Waals surface area contributed by atoms with Gasteiger partial charge in [0.05, 0.1) is 12.2 Å². The summed E-state index contributed by atoms with van der Waals surface area (Å²) in [5.74, 6) is 1.41. The summed E-state index contributed by atoms with van der Waals surface area (Å²) < 4.78 is 11.3.